The minimum Gasteiger partial charge on any atom is -0.353 e. The van der Waals surface area contributed by atoms with Crippen LogP contribution in [0.5, 0.6) is 0 Å². The molecule has 1 aliphatic heterocycles. The van der Waals surface area contributed by atoms with E-state index in [-0.39, 0.29) is 11.9 Å². The van der Waals surface area contributed by atoms with E-state index < -0.39 is 0 Å². The molecule has 0 radical (unpaired) electrons. The molecule has 0 aromatic heterocycles. The van der Waals surface area contributed by atoms with Crippen LogP contribution >= 0.6 is 0 Å². The van der Waals surface area contributed by atoms with Crippen LogP contribution in [0.25, 0.3) is 0 Å². The average Bonchev–Trinajstić information content (AvgIpc) is 2.91. The number of carbonyl (C=O) groups is 2. The molecule has 5 heteroatoms. The number of amides is 2. The van der Waals surface area contributed by atoms with Crippen LogP contribution < -0.4 is 5.32 Å². The molecule has 0 aromatic rings. The number of nitrogens with one attached hydrogen (secondary N) is 1. The van der Waals surface area contributed by atoms with E-state index in [2.05, 4.69) is 10.2 Å². The molecule has 21 heavy (non-hydrogen) atoms. The fourth-order valence-electron chi connectivity index (χ4n) is 3.32. The third-order valence-electron chi connectivity index (χ3n) is 4.48. The van der Waals surface area contributed by atoms with Gasteiger partial charge in [0.1, 0.15) is 0 Å². The minimum atomic E-state index is 0.0794. The number of piperazine rings is 1. The second-order valence-corrected chi connectivity index (χ2v) is 6.73. The van der Waals surface area contributed by atoms with Crippen molar-refractivity contribution < 1.29 is 9.59 Å². The maximum absolute atomic E-state index is 12.3. The third kappa shape index (κ3) is 5.30. The van der Waals surface area contributed by atoms with E-state index in [9.17, 15) is 9.59 Å². The quantitative estimate of drug-likeness (QED) is 0.830. The summed E-state index contributed by atoms with van der Waals surface area (Å²) in [6, 6.07) is 0.187. The number of nitrogens with zero attached hydrogens (tertiary/aromatic N) is 2. The number of hydrogen-bond acceptors (Lipinski definition) is 3. The first-order valence-electron chi connectivity index (χ1n) is 8.34. The van der Waals surface area contributed by atoms with Gasteiger partial charge in [0.2, 0.25) is 11.8 Å². The van der Waals surface area contributed by atoms with Gasteiger partial charge in [-0.15, -0.1) is 0 Å². The highest BCUT2D eigenvalue weighted by molar-refractivity contribution is 5.78. The summed E-state index contributed by atoms with van der Waals surface area (Å²) >= 11 is 0. The van der Waals surface area contributed by atoms with Crippen LogP contribution in [0, 0.1) is 5.92 Å². The van der Waals surface area contributed by atoms with Crippen LogP contribution in [0.4, 0.5) is 0 Å². The van der Waals surface area contributed by atoms with Crippen molar-refractivity contribution in [1.29, 1.82) is 0 Å². The van der Waals surface area contributed by atoms with Gasteiger partial charge in [-0.05, 0) is 32.6 Å². The first kappa shape index (κ1) is 16.3. The summed E-state index contributed by atoms with van der Waals surface area (Å²) in [6.45, 7) is 7.53. The van der Waals surface area contributed by atoms with Gasteiger partial charge in [0, 0.05) is 38.6 Å². The summed E-state index contributed by atoms with van der Waals surface area (Å²) in [4.78, 5) is 28.1. The van der Waals surface area contributed by atoms with Crippen LogP contribution in [0.2, 0.25) is 0 Å². The highest BCUT2D eigenvalue weighted by atomic mass is 16.2. The van der Waals surface area contributed by atoms with Gasteiger partial charge in [0.15, 0.2) is 0 Å². The van der Waals surface area contributed by atoms with E-state index in [1.54, 1.807) is 0 Å². The van der Waals surface area contributed by atoms with Crippen molar-refractivity contribution in [2.75, 3.05) is 32.7 Å². The van der Waals surface area contributed by atoms with Gasteiger partial charge in [-0.25, -0.2) is 0 Å². The van der Waals surface area contributed by atoms with Crippen molar-refractivity contribution in [2.45, 2.75) is 52.0 Å². The van der Waals surface area contributed by atoms with Crippen molar-refractivity contribution in [3.63, 3.8) is 0 Å². The van der Waals surface area contributed by atoms with E-state index in [4.69, 9.17) is 0 Å². The fraction of sp³-hybridized carbons (Fsp3) is 0.875. The number of hydrogen-bond donors (Lipinski definition) is 1. The molecule has 0 unspecified atom stereocenters. The fourth-order valence-corrected chi connectivity index (χ4v) is 3.32. The van der Waals surface area contributed by atoms with E-state index in [0.29, 0.717) is 18.4 Å². The molecule has 1 N–H and O–H groups in total. The Morgan fingerprint density at radius 3 is 2.29 bits per heavy atom. The molecule has 2 fully saturated rings. The smallest absolute Gasteiger partial charge is 0.234 e. The average molecular weight is 295 g/mol. The van der Waals surface area contributed by atoms with Crippen molar-refractivity contribution in [1.82, 2.24) is 15.1 Å². The van der Waals surface area contributed by atoms with E-state index in [1.165, 1.54) is 25.7 Å². The van der Waals surface area contributed by atoms with Crippen molar-refractivity contribution >= 4 is 11.8 Å². The standard InChI is InChI=1S/C16H29N3O2/c1-13(2)17-15(20)12-18-7-9-19(10-8-18)16(21)11-14-5-3-4-6-14/h13-14H,3-12H2,1-2H3,(H,17,20). The molecule has 0 atom stereocenters. The molecule has 2 rings (SSSR count). The van der Waals surface area contributed by atoms with Gasteiger partial charge in [-0.3, -0.25) is 14.5 Å². The summed E-state index contributed by atoms with van der Waals surface area (Å²) in [6.07, 6.45) is 5.75. The molecule has 5 nitrogen and oxygen atoms in total. The minimum absolute atomic E-state index is 0.0794. The lowest BCUT2D eigenvalue weighted by Crippen LogP contribution is -2.51. The zero-order valence-corrected chi connectivity index (χ0v) is 13.4. The summed E-state index contributed by atoms with van der Waals surface area (Å²) in [7, 11) is 0. The monoisotopic (exact) mass is 295 g/mol. The Balaban J connectivity index is 1.67. The Labute approximate surface area is 128 Å². The molecule has 2 aliphatic rings. The molecule has 1 aliphatic carbocycles. The molecule has 0 aromatic carbocycles. The van der Waals surface area contributed by atoms with Crippen LogP contribution in [0.1, 0.15) is 46.0 Å². The Morgan fingerprint density at radius 1 is 1.10 bits per heavy atom. The normalized spacial score (nSPS) is 21.0. The molecule has 0 bridgehead atoms. The van der Waals surface area contributed by atoms with Crippen molar-refractivity contribution in [2.24, 2.45) is 5.92 Å². The molecule has 1 saturated heterocycles. The summed E-state index contributed by atoms with van der Waals surface area (Å²) in [5.74, 6) is 1.01. The summed E-state index contributed by atoms with van der Waals surface area (Å²) < 4.78 is 0. The molecule has 2 amide bonds. The summed E-state index contributed by atoms with van der Waals surface area (Å²) in [5.41, 5.74) is 0. The lowest BCUT2D eigenvalue weighted by molar-refractivity contribution is -0.134. The van der Waals surface area contributed by atoms with Crippen LogP contribution in [-0.4, -0.2) is 60.4 Å². The third-order valence-corrected chi connectivity index (χ3v) is 4.48. The largest absolute Gasteiger partial charge is 0.353 e. The van der Waals surface area contributed by atoms with E-state index in [1.807, 2.05) is 18.7 Å². The molecule has 1 saturated carbocycles. The summed E-state index contributed by atoms with van der Waals surface area (Å²) in [5, 5.41) is 2.91. The Bertz CT molecular complexity index is 357. The van der Waals surface area contributed by atoms with Crippen LogP contribution in [-0.2, 0) is 9.59 Å². The maximum Gasteiger partial charge on any atom is 0.234 e. The zero-order valence-electron chi connectivity index (χ0n) is 13.4. The van der Waals surface area contributed by atoms with Crippen molar-refractivity contribution in [3.05, 3.63) is 0 Å². The van der Waals surface area contributed by atoms with Gasteiger partial charge < -0.3 is 10.2 Å². The zero-order chi connectivity index (χ0) is 15.2. The second-order valence-electron chi connectivity index (χ2n) is 6.73. The first-order valence-corrected chi connectivity index (χ1v) is 8.34. The lowest BCUT2D eigenvalue weighted by atomic mass is 10.0. The van der Waals surface area contributed by atoms with Crippen molar-refractivity contribution in [3.8, 4) is 0 Å². The topological polar surface area (TPSA) is 52.7 Å². The molecule has 1 heterocycles. The second kappa shape index (κ2) is 7.78. The highest BCUT2D eigenvalue weighted by Gasteiger charge is 2.25. The molecule has 120 valence electrons. The van der Waals surface area contributed by atoms with Crippen LogP contribution in [0.15, 0.2) is 0 Å². The Morgan fingerprint density at radius 2 is 1.71 bits per heavy atom. The van der Waals surface area contributed by atoms with Gasteiger partial charge in [0.25, 0.3) is 0 Å². The first-order chi connectivity index (χ1) is 10.0. The predicted octanol–water partition coefficient (Wildman–Crippen LogP) is 1.24. The SMILES string of the molecule is CC(C)NC(=O)CN1CCN(C(=O)CC2CCCC2)CC1. The van der Waals surface area contributed by atoms with Crippen LogP contribution in [0.3, 0.4) is 0 Å². The van der Waals surface area contributed by atoms with E-state index >= 15 is 0 Å². The maximum atomic E-state index is 12.3. The molecular formula is C16H29N3O2. The Kier molecular flexibility index (Phi) is 6.03. The van der Waals surface area contributed by atoms with Gasteiger partial charge in [-0.2, -0.15) is 0 Å². The Hall–Kier alpha value is -1.10. The predicted molar refractivity (Wildman–Crippen MR) is 82.9 cm³/mol. The van der Waals surface area contributed by atoms with E-state index in [0.717, 1.165) is 32.6 Å². The van der Waals surface area contributed by atoms with Gasteiger partial charge >= 0.3 is 0 Å². The lowest BCUT2D eigenvalue weighted by Gasteiger charge is -2.35. The molecular weight excluding hydrogens is 266 g/mol. The highest BCUT2D eigenvalue weighted by Crippen LogP contribution is 2.28. The number of rotatable bonds is 5. The number of carbonyl (C=O) groups excluding carboxylic acids is 2. The van der Waals surface area contributed by atoms with Gasteiger partial charge in [0.05, 0.1) is 6.54 Å². The van der Waals surface area contributed by atoms with Gasteiger partial charge in [-0.1, -0.05) is 12.8 Å². The molecule has 0 spiro atoms.